The zero-order chi connectivity index (χ0) is 21.3. The van der Waals surface area contributed by atoms with Gasteiger partial charge in [0.05, 0.1) is 5.02 Å². The molecule has 1 aliphatic heterocycles. The van der Waals surface area contributed by atoms with Gasteiger partial charge in [-0.25, -0.2) is 8.42 Å². The van der Waals surface area contributed by atoms with Gasteiger partial charge in [-0.2, -0.15) is 4.31 Å². The molecule has 1 fully saturated rings. The molecule has 1 aromatic rings. The highest BCUT2D eigenvalue weighted by Crippen LogP contribution is 2.29. The third kappa shape index (κ3) is 5.26. The Morgan fingerprint density at radius 3 is 2.21 bits per heavy atom. The van der Waals surface area contributed by atoms with Gasteiger partial charge in [-0.15, -0.1) is 0 Å². The summed E-state index contributed by atoms with van der Waals surface area (Å²) in [6, 6.07) is 4.42. The van der Waals surface area contributed by atoms with Crippen LogP contribution in [0.5, 0.6) is 0 Å². The minimum absolute atomic E-state index is 0.00253. The molecular weight excluding hydrogens is 398 g/mol. The molecule has 0 aliphatic carbocycles. The average molecular weight is 430 g/mol. The molecule has 1 aliphatic rings. The molecular formula is C20H32ClN3O3S. The zero-order valence-electron chi connectivity index (χ0n) is 17.6. The van der Waals surface area contributed by atoms with Gasteiger partial charge in [-0.1, -0.05) is 25.4 Å². The van der Waals surface area contributed by atoms with Gasteiger partial charge in [0.1, 0.15) is 4.90 Å². The molecule has 0 radical (unpaired) electrons. The molecule has 0 bridgehead atoms. The predicted molar refractivity (Wildman–Crippen MR) is 113 cm³/mol. The first-order valence-corrected chi connectivity index (χ1v) is 11.5. The van der Waals surface area contributed by atoms with Gasteiger partial charge in [-0.05, 0) is 58.7 Å². The first-order chi connectivity index (χ1) is 12.8. The van der Waals surface area contributed by atoms with Crippen molar-refractivity contribution in [3.05, 3.63) is 28.8 Å². The van der Waals surface area contributed by atoms with Gasteiger partial charge < -0.3 is 10.6 Å². The summed E-state index contributed by atoms with van der Waals surface area (Å²) in [5, 5.41) is 6.77. The number of benzene rings is 1. The minimum atomic E-state index is -3.75. The summed E-state index contributed by atoms with van der Waals surface area (Å²) < 4.78 is 27.0. The SMILES string of the molecule is CCN(CC)S(=O)(=O)c1cc(C(=O)NC2CC(C)(C)NC(C)(C)C2)ccc1Cl. The molecule has 1 aromatic carbocycles. The van der Waals surface area contributed by atoms with E-state index in [0.717, 1.165) is 12.8 Å². The number of piperidine rings is 1. The van der Waals surface area contributed by atoms with Crippen molar-refractivity contribution in [3.8, 4) is 0 Å². The lowest BCUT2D eigenvalue weighted by Crippen LogP contribution is -2.62. The van der Waals surface area contributed by atoms with E-state index in [2.05, 4.69) is 38.3 Å². The topological polar surface area (TPSA) is 78.5 Å². The summed E-state index contributed by atoms with van der Waals surface area (Å²) in [7, 11) is -3.75. The number of halogens is 1. The van der Waals surface area contributed by atoms with Crippen molar-refractivity contribution >= 4 is 27.5 Å². The van der Waals surface area contributed by atoms with Crippen molar-refractivity contribution in [3.63, 3.8) is 0 Å². The van der Waals surface area contributed by atoms with E-state index >= 15 is 0 Å². The predicted octanol–water partition coefficient (Wildman–Crippen LogP) is 3.41. The summed E-state index contributed by atoms with van der Waals surface area (Å²) in [6.45, 7) is 12.7. The van der Waals surface area contributed by atoms with E-state index in [-0.39, 0.29) is 32.9 Å². The number of nitrogens with zero attached hydrogens (tertiary/aromatic N) is 1. The van der Waals surface area contributed by atoms with Crippen LogP contribution in [0.2, 0.25) is 5.02 Å². The van der Waals surface area contributed by atoms with Crippen LogP contribution in [-0.4, -0.2) is 48.8 Å². The Morgan fingerprint density at radius 2 is 1.71 bits per heavy atom. The highest BCUT2D eigenvalue weighted by atomic mass is 35.5. The fourth-order valence-corrected chi connectivity index (χ4v) is 6.20. The maximum absolute atomic E-state index is 12.9. The molecule has 1 amide bonds. The Labute approximate surface area is 174 Å². The molecule has 0 spiro atoms. The van der Waals surface area contributed by atoms with E-state index in [1.165, 1.54) is 16.4 Å². The molecule has 1 saturated heterocycles. The molecule has 2 rings (SSSR count). The molecule has 6 nitrogen and oxygen atoms in total. The van der Waals surface area contributed by atoms with Crippen LogP contribution in [0.25, 0.3) is 0 Å². The molecule has 0 aromatic heterocycles. The monoisotopic (exact) mass is 429 g/mol. The van der Waals surface area contributed by atoms with Crippen LogP contribution in [0, 0.1) is 0 Å². The largest absolute Gasteiger partial charge is 0.349 e. The maximum atomic E-state index is 12.9. The molecule has 8 heteroatoms. The number of hydrogen-bond acceptors (Lipinski definition) is 4. The van der Waals surface area contributed by atoms with Crippen molar-refractivity contribution in [2.75, 3.05) is 13.1 Å². The third-order valence-corrected chi connectivity index (χ3v) is 7.57. The second-order valence-corrected chi connectivity index (χ2v) is 11.0. The van der Waals surface area contributed by atoms with Crippen LogP contribution < -0.4 is 10.6 Å². The number of nitrogens with one attached hydrogen (secondary N) is 2. The lowest BCUT2D eigenvalue weighted by Gasteiger charge is -2.46. The maximum Gasteiger partial charge on any atom is 0.251 e. The van der Waals surface area contributed by atoms with Gasteiger partial charge in [0.2, 0.25) is 10.0 Å². The fourth-order valence-electron chi connectivity index (χ4n) is 4.24. The first kappa shape index (κ1) is 23.1. The Kier molecular flexibility index (Phi) is 6.86. The van der Waals surface area contributed by atoms with Crippen molar-refractivity contribution in [1.82, 2.24) is 14.9 Å². The van der Waals surface area contributed by atoms with E-state index in [0.29, 0.717) is 18.7 Å². The molecule has 0 atom stereocenters. The van der Waals surface area contributed by atoms with Gasteiger partial charge >= 0.3 is 0 Å². The molecule has 2 N–H and O–H groups in total. The lowest BCUT2D eigenvalue weighted by molar-refractivity contribution is 0.0873. The average Bonchev–Trinajstić information content (AvgIpc) is 2.52. The van der Waals surface area contributed by atoms with Crippen molar-refractivity contribution in [1.29, 1.82) is 0 Å². The van der Waals surface area contributed by atoms with Crippen molar-refractivity contribution in [2.24, 2.45) is 0 Å². The number of carbonyl (C=O) groups excluding carboxylic acids is 1. The van der Waals surface area contributed by atoms with E-state index in [1.807, 2.05) is 0 Å². The Hall–Kier alpha value is -1.15. The van der Waals surface area contributed by atoms with Crippen LogP contribution in [0.4, 0.5) is 0 Å². The number of sulfonamides is 1. The molecule has 28 heavy (non-hydrogen) atoms. The van der Waals surface area contributed by atoms with E-state index < -0.39 is 10.0 Å². The summed E-state index contributed by atoms with van der Waals surface area (Å²) in [5.74, 6) is -0.286. The van der Waals surface area contributed by atoms with Crippen LogP contribution in [0.3, 0.4) is 0 Å². The molecule has 0 unspecified atom stereocenters. The zero-order valence-corrected chi connectivity index (χ0v) is 19.2. The van der Waals surface area contributed by atoms with Crippen LogP contribution >= 0.6 is 11.6 Å². The van der Waals surface area contributed by atoms with E-state index in [1.54, 1.807) is 19.9 Å². The van der Waals surface area contributed by atoms with Crippen LogP contribution in [0.1, 0.15) is 64.7 Å². The number of rotatable bonds is 6. The third-order valence-electron chi connectivity index (χ3n) is 5.04. The summed E-state index contributed by atoms with van der Waals surface area (Å²) >= 11 is 6.16. The summed E-state index contributed by atoms with van der Waals surface area (Å²) in [4.78, 5) is 12.8. The second kappa shape index (κ2) is 8.30. The van der Waals surface area contributed by atoms with Crippen molar-refractivity contribution < 1.29 is 13.2 Å². The smallest absolute Gasteiger partial charge is 0.251 e. The minimum Gasteiger partial charge on any atom is -0.349 e. The highest BCUT2D eigenvalue weighted by Gasteiger charge is 2.38. The summed E-state index contributed by atoms with van der Waals surface area (Å²) in [6.07, 6.45) is 1.58. The highest BCUT2D eigenvalue weighted by molar-refractivity contribution is 7.89. The van der Waals surface area contributed by atoms with Gasteiger partial charge in [0.25, 0.3) is 5.91 Å². The fraction of sp³-hybridized carbons (Fsp3) is 0.650. The Morgan fingerprint density at radius 1 is 1.18 bits per heavy atom. The van der Waals surface area contributed by atoms with Gasteiger partial charge in [0.15, 0.2) is 0 Å². The van der Waals surface area contributed by atoms with Gasteiger partial charge in [0, 0.05) is 35.8 Å². The van der Waals surface area contributed by atoms with Crippen LogP contribution in [-0.2, 0) is 10.0 Å². The normalized spacial score (nSPS) is 19.6. The molecule has 0 saturated carbocycles. The number of carbonyl (C=O) groups is 1. The van der Waals surface area contributed by atoms with E-state index in [4.69, 9.17) is 11.6 Å². The second-order valence-electron chi connectivity index (χ2n) is 8.71. The quantitative estimate of drug-likeness (QED) is 0.726. The standard InChI is InChI=1S/C20H32ClN3O3S/c1-7-24(8-2)28(26,27)17-11-14(9-10-16(17)21)18(25)22-15-12-19(3,4)23-20(5,6)13-15/h9-11,15,23H,7-8,12-13H2,1-6H3,(H,22,25). The molecule has 1 heterocycles. The Balaban J connectivity index is 2.28. The van der Waals surface area contributed by atoms with Crippen LogP contribution in [0.15, 0.2) is 23.1 Å². The van der Waals surface area contributed by atoms with Gasteiger partial charge in [-0.3, -0.25) is 4.79 Å². The first-order valence-electron chi connectivity index (χ1n) is 9.71. The molecule has 158 valence electrons. The Bertz CT molecular complexity index is 817. The number of amides is 1. The lowest BCUT2D eigenvalue weighted by atomic mass is 9.79. The summed E-state index contributed by atoms with van der Waals surface area (Å²) in [5.41, 5.74) is 0.0951. The van der Waals surface area contributed by atoms with E-state index in [9.17, 15) is 13.2 Å². The van der Waals surface area contributed by atoms with Crippen molar-refractivity contribution in [2.45, 2.75) is 76.4 Å². The number of hydrogen-bond donors (Lipinski definition) is 2.